The van der Waals surface area contributed by atoms with E-state index in [4.69, 9.17) is 5.26 Å². The summed E-state index contributed by atoms with van der Waals surface area (Å²) in [4.78, 5) is 10.7. The summed E-state index contributed by atoms with van der Waals surface area (Å²) in [6.07, 6.45) is 2.24. The van der Waals surface area contributed by atoms with Crippen LogP contribution in [0.5, 0.6) is 0 Å². The first-order chi connectivity index (χ1) is 7.06. The molecule has 0 spiro atoms. The molecule has 1 aromatic heterocycles. The standard InChI is InChI=1S/C11H16N4/c1-8-7-13-10(3)11(14-8)15(4)9(2)5-6-12/h7,9H,5H2,1-4H3. The zero-order valence-corrected chi connectivity index (χ0v) is 9.65. The summed E-state index contributed by atoms with van der Waals surface area (Å²) in [7, 11) is 1.94. The van der Waals surface area contributed by atoms with Crippen LogP contribution in [-0.2, 0) is 0 Å². The molecular formula is C11H16N4. The van der Waals surface area contributed by atoms with Gasteiger partial charge in [0, 0.05) is 19.3 Å². The summed E-state index contributed by atoms with van der Waals surface area (Å²) < 4.78 is 0. The first-order valence-corrected chi connectivity index (χ1v) is 4.96. The maximum atomic E-state index is 8.64. The summed E-state index contributed by atoms with van der Waals surface area (Å²) in [6.45, 7) is 5.85. The number of rotatable bonds is 3. The Balaban J connectivity index is 2.95. The van der Waals surface area contributed by atoms with Crippen molar-refractivity contribution in [1.29, 1.82) is 5.26 Å². The van der Waals surface area contributed by atoms with Gasteiger partial charge in [-0.25, -0.2) is 4.98 Å². The summed E-state index contributed by atoms with van der Waals surface area (Å²) >= 11 is 0. The minimum Gasteiger partial charge on any atom is -0.354 e. The van der Waals surface area contributed by atoms with Gasteiger partial charge in [-0.15, -0.1) is 0 Å². The van der Waals surface area contributed by atoms with Gasteiger partial charge in [0.1, 0.15) is 5.82 Å². The Labute approximate surface area is 90.6 Å². The van der Waals surface area contributed by atoms with Crippen molar-refractivity contribution in [2.75, 3.05) is 11.9 Å². The zero-order chi connectivity index (χ0) is 11.4. The predicted octanol–water partition coefficient (Wildman–Crippen LogP) is 1.83. The highest BCUT2D eigenvalue weighted by Gasteiger charge is 2.13. The van der Waals surface area contributed by atoms with Gasteiger partial charge in [0.25, 0.3) is 0 Å². The van der Waals surface area contributed by atoms with Crippen molar-refractivity contribution < 1.29 is 0 Å². The molecule has 4 nitrogen and oxygen atoms in total. The normalized spacial score (nSPS) is 11.9. The molecule has 1 heterocycles. The van der Waals surface area contributed by atoms with E-state index in [2.05, 4.69) is 16.0 Å². The molecule has 4 heteroatoms. The lowest BCUT2D eigenvalue weighted by Gasteiger charge is -2.25. The molecule has 0 saturated carbocycles. The summed E-state index contributed by atoms with van der Waals surface area (Å²) in [5, 5.41) is 8.64. The number of nitrogens with zero attached hydrogens (tertiary/aromatic N) is 4. The molecule has 1 aromatic rings. The number of hydrogen-bond donors (Lipinski definition) is 0. The van der Waals surface area contributed by atoms with Gasteiger partial charge in [0.15, 0.2) is 0 Å². The van der Waals surface area contributed by atoms with Crippen LogP contribution in [0, 0.1) is 25.2 Å². The number of nitriles is 1. The Bertz CT molecular complexity index is 381. The minimum absolute atomic E-state index is 0.157. The van der Waals surface area contributed by atoms with Gasteiger partial charge in [0.05, 0.1) is 23.9 Å². The van der Waals surface area contributed by atoms with E-state index in [0.29, 0.717) is 6.42 Å². The fourth-order valence-electron chi connectivity index (χ4n) is 1.34. The molecule has 0 aliphatic heterocycles. The lowest BCUT2D eigenvalue weighted by molar-refractivity contribution is 0.687. The van der Waals surface area contributed by atoms with Crippen molar-refractivity contribution in [2.24, 2.45) is 0 Å². The Morgan fingerprint density at radius 3 is 2.80 bits per heavy atom. The third kappa shape index (κ3) is 2.66. The van der Waals surface area contributed by atoms with Crippen molar-refractivity contribution in [2.45, 2.75) is 33.2 Å². The van der Waals surface area contributed by atoms with Gasteiger partial charge in [-0.1, -0.05) is 0 Å². The van der Waals surface area contributed by atoms with E-state index < -0.39 is 0 Å². The van der Waals surface area contributed by atoms with Crippen molar-refractivity contribution in [3.8, 4) is 6.07 Å². The maximum absolute atomic E-state index is 8.64. The first-order valence-electron chi connectivity index (χ1n) is 4.96. The lowest BCUT2D eigenvalue weighted by atomic mass is 10.2. The van der Waals surface area contributed by atoms with Crippen LogP contribution in [0.3, 0.4) is 0 Å². The van der Waals surface area contributed by atoms with Crippen molar-refractivity contribution in [3.63, 3.8) is 0 Å². The molecule has 0 amide bonds. The Morgan fingerprint density at radius 2 is 2.20 bits per heavy atom. The van der Waals surface area contributed by atoms with Crippen LogP contribution in [0.1, 0.15) is 24.7 Å². The molecule has 0 aromatic carbocycles. The molecule has 0 radical (unpaired) electrons. The van der Waals surface area contributed by atoms with Crippen LogP contribution in [0.15, 0.2) is 6.20 Å². The Morgan fingerprint density at radius 1 is 1.53 bits per heavy atom. The van der Waals surface area contributed by atoms with Crippen LogP contribution in [0.4, 0.5) is 5.82 Å². The number of hydrogen-bond acceptors (Lipinski definition) is 4. The summed E-state index contributed by atoms with van der Waals surface area (Å²) in [5.74, 6) is 0.859. The van der Waals surface area contributed by atoms with Crippen molar-refractivity contribution >= 4 is 5.82 Å². The number of aryl methyl sites for hydroxylation is 2. The Hall–Kier alpha value is -1.63. The van der Waals surface area contributed by atoms with Crippen LogP contribution in [-0.4, -0.2) is 23.1 Å². The Kier molecular flexibility index (Phi) is 3.62. The highest BCUT2D eigenvalue weighted by atomic mass is 15.2. The monoisotopic (exact) mass is 204 g/mol. The SMILES string of the molecule is Cc1cnc(C)c(N(C)C(C)CC#N)n1. The zero-order valence-electron chi connectivity index (χ0n) is 9.65. The first kappa shape index (κ1) is 11.4. The second kappa shape index (κ2) is 4.74. The molecule has 0 aliphatic carbocycles. The van der Waals surface area contributed by atoms with E-state index in [0.717, 1.165) is 17.2 Å². The van der Waals surface area contributed by atoms with Crippen molar-refractivity contribution in [3.05, 3.63) is 17.6 Å². The molecule has 0 fully saturated rings. The number of anilines is 1. The van der Waals surface area contributed by atoms with E-state index in [9.17, 15) is 0 Å². The lowest BCUT2D eigenvalue weighted by Crippen LogP contribution is -2.30. The molecular weight excluding hydrogens is 188 g/mol. The molecule has 0 saturated heterocycles. The fraction of sp³-hybridized carbons (Fsp3) is 0.545. The molecule has 15 heavy (non-hydrogen) atoms. The van der Waals surface area contributed by atoms with Crippen molar-refractivity contribution in [1.82, 2.24) is 9.97 Å². The van der Waals surface area contributed by atoms with E-state index in [1.807, 2.05) is 32.7 Å². The van der Waals surface area contributed by atoms with Crippen LogP contribution in [0.25, 0.3) is 0 Å². The number of aromatic nitrogens is 2. The summed E-state index contributed by atoms with van der Waals surface area (Å²) in [6, 6.07) is 2.32. The molecule has 80 valence electrons. The van der Waals surface area contributed by atoms with Crippen LogP contribution >= 0.6 is 0 Å². The van der Waals surface area contributed by atoms with E-state index in [-0.39, 0.29) is 6.04 Å². The highest BCUT2D eigenvalue weighted by Crippen LogP contribution is 2.17. The van der Waals surface area contributed by atoms with Gasteiger partial charge in [0.2, 0.25) is 0 Å². The minimum atomic E-state index is 0.157. The topological polar surface area (TPSA) is 52.8 Å². The third-order valence-corrected chi connectivity index (χ3v) is 2.43. The van der Waals surface area contributed by atoms with Gasteiger partial charge < -0.3 is 4.90 Å². The molecule has 0 aliphatic rings. The van der Waals surface area contributed by atoms with Crippen LogP contribution < -0.4 is 4.90 Å². The fourth-order valence-corrected chi connectivity index (χ4v) is 1.34. The molecule has 1 unspecified atom stereocenters. The molecule has 1 rings (SSSR count). The molecule has 0 N–H and O–H groups in total. The smallest absolute Gasteiger partial charge is 0.150 e. The van der Waals surface area contributed by atoms with E-state index in [1.165, 1.54) is 0 Å². The largest absolute Gasteiger partial charge is 0.354 e. The van der Waals surface area contributed by atoms with Gasteiger partial charge >= 0.3 is 0 Å². The van der Waals surface area contributed by atoms with Gasteiger partial charge in [-0.05, 0) is 20.8 Å². The van der Waals surface area contributed by atoms with E-state index in [1.54, 1.807) is 6.20 Å². The highest BCUT2D eigenvalue weighted by molar-refractivity contribution is 5.43. The predicted molar refractivity (Wildman–Crippen MR) is 59.6 cm³/mol. The molecule has 1 atom stereocenters. The average molecular weight is 204 g/mol. The van der Waals surface area contributed by atoms with Crippen LogP contribution in [0.2, 0.25) is 0 Å². The molecule has 0 bridgehead atoms. The quantitative estimate of drug-likeness (QED) is 0.753. The maximum Gasteiger partial charge on any atom is 0.150 e. The third-order valence-electron chi connectivity index (χ3n) is 2.43. The second-order valence-electron chi connectivity index (χ2n) is 3.74. The van der Waals surface area contributed by atoms with Gasteiger partial charge in [-0.2, -0.15) is 5.26 Å². The average Bonchev–Trinajstić information content (AvgIpc) is 2.21. The van der Waals surface area contributed by atoms with Gasteiger partial charge in [-0.3, -0.25) is 4.98 Å². The summed E-state index contributed by atoms with van der Waals surface area (Å²) in [5.41, 5.74) is 1.79. The second-order valence-corrected chi connectivity index (χ2v) is 3.74. The van der Waals surface area contributed by atoms with E-state index >= 15 is 0 Å².